The average molecular weight is 272 g/mol. The van der Waals surface area contributed by atoms with Gasteiger partial charge in [0.1, 0.15) is 0 Å². The first-order valence-corrected chi connectivity index (χ1v) is 6.61. The molecule has 3 rings (SSSR count). The van der Waals surface area contributed by atoms with E-state index >= 15 is 0 Å². The minimum Gasteiger partial charge on any atom is -0.372 e. The van der Waals surface area contributed by atoms with E-state index in [1.54, 1.807) is 24.8 Å². The van der Waals surface area contributed by atoms with E-state index in [1.165, 1.54) is 0 Å². The maximum Gasteiger partial charge on any atom is 0.257 e. The molecule has 1 unspecified atom stereocenters. The molecule has 6 nitrogen and oxygen atoms in total. The first kappa shape index (κ1) is 12.8. The summed E-state index contributed by atoms with van der Waals surface area (Å²) in [4.78, 5) is 17.9. The second-order valence-electron chi connectivity index (χ2n) is 4.82. The highest BCUT2D eigenvalue weighted by Crippen LogP contribution is 2.16. The molecule has 1 atom stereocenters. The van der Waals surface area contributed by atoms with Crippen molar-refractivity contribution in [1.29, 1.82) is 0 Å². The van der Waals surface area contributed by atoms with Gasteiger partial charge < -0.3 is 9.64 Å². The lowest BCUT2D eigenvalue weighted by molar-refractivity contribution is 0.0437. The Bertz CT molecular complexity index is 556. The van der Waals surface area contributed by atoms with Gasteiger partial charge in [-0.3, -0.25) is 14.9 Å². The number of hydrogen-bond donors (Lipinski definition) is 1. The van der Waals surface area contributed by atoms with Crippen molar-refractivity contribution in [2.45, 2.75) is 19.1 Å². The van der Waals surface area contributed by atoms with E-state index in [1.807, 2.05) is 17.0 Å². The number of hydrogen-bond acceptors (Lipinski definition) is 4. The van der Waals surface area contributed by atoms with E-state index in [2.05, 4.69) is 15.2 Å². The maximum absolute atomic E-state index is 12.1. The van der Waals surface area contributed by atoms with E-state index in [9.17, 15) is 4.79 Å². The van der Waals surface area contributed by atoms with E-state index in [0.717, 1.165) is 18.5 Å². The van der Waals surface area contributed by atoms with E-state index in [4.69, 9.17) is 4.74 Å². The number of likely N-dealkylation sites (tertiary alicyclic amines) is 1. The largest absolute Gasteiger partial charge is 0.372 e. The highest BCUT2D eigenvalue weighted by atomic mass is 16.5. The number of aromatic amines is 1. The predicted octanol–water partition coefficient (Wildman–Crippen LogP) is 1.24. The summed E-state index contributed by atoms with van der Waals surface area (Å²) < 4.78 is 5.84. The van der Waals surface area contributed by atoms with Crippen molar-refractivity contribution < 1.29 is 9.53 Å². The molecular formula is C14H16N4O2. The Morgan fingerprint density at radius 2 is 2.30 bits per heavy atom. The van der Waals surface area contributed by atoms with Crippen molar-refractivity contribution in [3.05, 3.63) is 48.0 Å². The first-order chi connectivity index (χ1) is 9.83. The fourth-order valence-corrected chi connectivity index (χ4v) is 2.29. The Balaban J connectivity index is 1.51. The lowest BCUT2D eigenvalue weighted by Gasteiger charge is -2.15. The third-order valence-corrected chi connectivity index (χ3v) is 3.41. The number of aromatic nitrogens is 3. The van der Waals surface area contributed by atoms with Crippen molar-refractivity contribution >= 4 is 5.91 Å². The van der Waals surface area contributed by atoms with Crippen molar-refractivity contribution in [3.8, 4) is 0 Å². The van der Waals surface area contributed by atoms with Crippen LogP contribution in [0.2, 0.25) is 0 Å². The van der Waals surface area contributed by atoms with E-state index in [0.29, 0.717) is 18.7 Å². The van der Waals surface area contributed by atoms with Gasteiger partial charge in [-0.15, -0.1) is 0 Å². The van der Waals surface area contributed by atoms with Gasteiger partial charge in [-0.1, -0.05) is 0 Å². The number of H-pyrrole nitrogens is 1. The topological polar surface area (TPSA) is 71.1 Å². The molecule has 1 fully saturated rings. The lowest BCUT2D eigenvalue weighted by Crippen LogP contribution is -2.29. The molecule has 2 aromatic heterocycles. The predicted molar refractivity (Wildman–Crippen MR) is 71.9 cm³/mol. The van der Waals surface area contributed by atoms with E-state index < -0.39 is 0 Å². The van der Waals surface area contributed by atoms with Crippen LogP contribution in [-0.2, 0) is 11.3 Å². The number of carbonyl (C=O) groups excluding carboxylic acids is 1. The summed E-state index contributed by atoms with van der Waals surface area (Å²) in [5, 5.41) is 6.46. The zero-order valence-corrected chi connectivity index (χ0v) is 11.0. The van der Waals surface area contributed by atoms with Crippen molar-refractivity contribution in [2.24, 2.45) is 0 Å². The number of nitrogens with zero attached hydrogens (tertiary/aromatic N) is 3. The molecule has 2 aromatic rings. The molecule has 20 heavy (non-hydrogen) atoms. The molecule has 6 heteroatoms. The summed E-state index contributed by atoms with van der Waals surface area (Å²) in [5.41, 5.74) is 1.69. The minimum atomic E-state index is 0.00811. The average Bonchev–Trinajstić information content (AvgIpc) is 3.17. The van der Waals surface area contributed by atoms with Crippen LogP contribution in [0.4, 0.5) is 0 Å². The molecule has 1 amide bonds. The van der Waals surface area contributed by atoms with Gasteiger partial charge in [-0.05, 0) is 24.1 Å². The number of rotatable bonds is 4. The quantitative estimate of drug-likeness (QED) is 0.909. The second kappa shape index (κ2) is 5.83. The second-order valence-corrected chi connectivity index (χ2v) is 4.82. The summed E-state index contributed by atoms with van der Waals surface area (Å²) in [6.07, 6.45) is 7.64. The molecule has 0 spiro atoms. The fraction of sp³-hybridized carbons (Fsp3) is 0.357. The molecule has 0 radical (unpaired) electrons. The Kier molecular flexibility index (Phi) is 3.73. The van der Waals surface area contributed by atoms with Crippen LogP contribution in [0.15, 0.2) is 36.9 Å². The monoisotopic (exact) mass is 272 g/mol. The molecule has 0 saturated carbocycles. The molecule has 3 heterocycles. The lowest BCUT2D eigenvalue weighted by atomic mass is 10.3. The molecule has 1 N–H and O–H groups in total. The van der Waals surface area contributed by atoms with Gasteiger partial charge in [0.25, 0.3) is 5.91 Å². The van der Waals surface area contributed by atoms with Gasteiger partial charge in [0.2, 0.25) is 0 Å². The highest BCUT2D eigenvalue weighted by molar-refractivity contribution is 5.93. The molecule has 0 aliphatic carbocycles. The van der Waals surface area contributed by atoms with Crippen LogP contribution in [0, 0.1) is 0 Å². The number of nitrogens with one attached hydrogen (secondary N) is 1. The molecule has 0 aromatic carbocycles. The Morgan fingerprint density at radius 1 is 1.45 bits per heavy atom. The molecule has 1 aliphatic heterocycles. The van der Waals surface area contributed by atoms with Crippen LogP contribution < -0.4 is 0 Å². The third kappa shape index (κ3) is 2.85. The fourth-order valence-electron chi connectivity index (χ4n) is 2.29. The number of pyridine rings is 1. The molecule has 104 valence electrons. The summed E-state index contributed by atoms with van der Waals surface area (Å²) in [7, 11) is 0. The van der Waals surface area contributed by atoms with Crippen LogP contribution in [0.1, 0.15) is 22.3 Å². The van der Waals surface area contributed by atoms with Gasteiger partial charge in [0, 0.05) is 31.7 Å². The van der Waals surface area contributed by atoms with Crippen LogP contribution in [0.3, 0.4) is 0 Å². The normalized spacial score (nSPS) is 18.4. The number of ether oxygens (including phenoxy) is 1. The summed E-state index contributed by atoms with van der Waals surface area (Å²) in [6, 6.07) is 3.87. The van der Waals surface area contributed by atoms with E-state index in [-0.39, 0.29) is 12.0 Å². The van der Waals surface area contributed by atoms with Crippen LogP contribution in [0.5, 0.6) is 0 Å². The minimum absolute atomic E-state index is 0.00811. The van der Waals surface area contributed by atoms with Crippen molar-refractivity contribution in [2.75, 3.05) is 13.1 Å². The zero-order chi connectivity index (χ0) is 13.8. The van der Waals surface area contributed by atoms with Crippen molar-refractivity contribution in [3.63, 3.8) is 0 Å². The van der Waals surface area contributed by atoms with Gasteiger partial charge >= 0.3 is 0 Å². The smallest absolute Gasteiger partial charge is 0.257 e. The Hall–Kier alpha value is -2.21. The zero-order valence-electron chi connectivity index (χ0n) is 11.0. The van der Waals surface area contributed by atoms with Gasteiger partial charge in [0.15, 0.2) is 0 Å². The third-order valence-electron chi connectivity index (χ3n) is 3.41. The van der Waals surface area contributed by atoms with Gasteiger partial charge in [0.05, 0.1) is 24.5 Å². The molecule has 1 saturated heterocycles. The highest BCUT2D eigenvalue weighted by Gasteiger charge is 2.27. The molecule has 0 bridgehead atoms. The summed E-state index contributed by atoms with van der Waals surface area (Å²) in [6.45, 7) is 1.92. The van der Waals surface area contributed by atoms with Crippen molar-refractivity contribution in [1.82, 2.24) is 20.1 Å². The van der Waals surface area contributed by atoms with Crippen LogP contribution in [-0.4, -0.2) is 45.2 Å². The first-order valence-electron chi connectivity index (χ1n) is 6.61. The Morgan fingerprint density at radius 3 is 3.05 bits per heavy atom. The Labute approximate surface area is 116 Å². The summed E-state index contributed by atoms with van der Waals surface area (Å²) in [5.74, 6) is 0.00811. The maximum atomic E-state index is 12.1. The molecular weight excluding hydrogens is 256 g/mol. The number of carbonyl (C=O) groups is 1. The summed E-state index contributed by atoms with van der Waals surface area (Å²) >= 11 is 0. The van der Waals surface area contributed by atoms with Crippen LogP contribution >= 0.6 is 0 Å². The van der Waals surface area contributed by atoms with Gasteiger partial charge in [-0.25, -0.2) is 0 Å². The standard InChI is InChI=1S/C14H16N4O2/c19-14(12-7-16-17-8-12)18-6-3-13(9-18)20-10-11-1-4-15-5-2-11/h1-2,4-5,7-8,13H,3,6,9-10H2,(H,16,17). The SMILES string of the molecule is O=C(c1cn[nH]c1)N1CCC(OCc2ccncc2)C1. The van der Waals surface area contributed by atoms with Gasteiger partial charge in [-0.2, -0.15) is 5.10 Å². The number of amides is 1. The van der Waals surface area contributed by atoms with Crippen LogP contribution in [0.25, 0.3) is 0 Å². The molecule has 1 aliphatic rings.